The van der Waals surface area contributed by atoms with E-state index < -0.39 is 0 Å². The second kappa shape index (κ2) is 7.92. The molecule has 0 bridgehead atoms. The van der Waals surface area contributed by atoms with Crippen molar-refractivity contribution in [1.82, 2.24) is 4.90 Å². The van der Waals surface area contributed by atoms with E-state index in [2.05, 4.69) is 5.32 Å². The molecule has 5 heteroatoms. The minimum Gasteiger partial charge on any atom is -0.325 e. The van der Waals surface area contributed by atoms with Gasteiger partial charge in [-0.2, -0.15) is 0 Å². The first-order valence-corrected chi connectivity index (χ1v) is 7.40. The number of carbonyl (C=O) groups is 1. The van der Waals surface area contributed by atoms with Crippen LogP contribution in [-0.4, -0.2) is 24.4 Å². The Bertz CT molecular complexity index is 631. The van der Waals surface area contributed by atoms with Gasteiger partial charge in [0.25, 0.3) is 0 Å². The molecule has 0 aromatic heterocycles. The Morgan fingerprint density at radius 2 is 1.86 bits per heavy atom. The quantitative estimate of drug-likeness (QED) is 0.874. The van der Waals surface area contributed by atoms with Gasteiger partial charge in [0.15, 0.2) is 0 Å². The maximum atomic E-state index is 12.8. The number of nitrogens with one attached hydrogen (secondary N) is 1. The highest BCUT2D eigenvalue weighted by Gasteiger charge is 2.07. The maximum Gasteiger partial charge on any atom is 0.225 e. The van der Waals surface area contributed by atoms with E-state index in [9.17, 15) is 9.18 Å². The van der Waals surface area contributed by atoms with Crippen LogP contribution >= 0.6 is 11.6 Å². The molecular weight excluding hydrogens is 303 g/mol. The molecule has 0 spiro atoms. The van der Waals surface area contributed by atoms with Crippen LogP contribution in [0.3, 0.4) is 0 Å². The lowest BCUT2D eigenvalue weighted by molar-refractivity contribution is -0.116. The Morgan fingerprint density at radius 1 is 1.18 bits per heavy atom. The fourth-order valence-electron chi connectivity index (χ4n) is 2.05. The van der Waals surface area contributed by atoms with Crippen molar-refractivity contribution in [2.45, 2.75) is 13.0 Å². The van der Waals surface area contributed by atoms with Crippen molar-refractivity contribution in [2.75, 3.05) is 18.9 Å². The molecule has 2 rings (SSSR count). The number of amides is 1. The van der Waals surface area contributed by atoms with Gasteiger partial charge in [-0.1, -0.05) is 35.9 Å². The molecule has 0 unspecified atom stereocenters. The number of para-hydroxylation sites is 1. The van der Waals surface area contributed by atoms with E-state index in [0.717, 1.165) is 5.56 Å². The van der Waals surface area contributed by atoms with Gasteiger partial charge in [0.1, 0.15) is 5.82 Å². The molecule has 0 saturated heterocycles. The topological polar surface area (TPSA) is 32.3 Å². The minimum absolute atomic E-state index is 0.0842. The van der Waals surface area contributed by atoms with Gasteiger partial charge in [0, 0.05) is 19.5 Å². The third-order valence-electron chi connectivity index (χ3n) is 3.23. The summed E-state index contributed by atoms with van der Waals surface area (Å²) in [4.78, 5) is 13.9. The number of rotatable bonds is 6. The van der Waals surface area contributed by atoms with E-state index >= 15 is 0 Å². The molecule has 0 radical (unpaired) electrons. The number of halogens is 2. The monoisotopic (exact) mass is 320 g/mol. The number of nitrogens with zero attached hydrogens (tertiary/aromatic N) is 1. The molecular formula is C17H18ClFN2O. The first-order valence-electron chi connectivity index (χ1n) is 7.02. The second-order valence-corrected chi connectivity index (χ2v) is 5.55. The summed E-state index contributed by atoms with van der Waals surface area (Å²) in [7, 11) is 1.92. The van der Waals surface area contributed by atoms with Gasteiger partial charge in [-0.05, 0) is 36.9 Å². The summed E-state index contributed by atoms with van der Waals surface area (Å²) < 4.78 is 12.8. The molecule has 0 aliphatic rings. The first-order chi connectivity index (χ1) is 10.5. The van der Waals surface area contributed by atoms with Crippen molar-refractivity contribution < 1.29 is 9.18 Å². The van der Waals surface area contributed by atoms with Gasteiger partial charge in [0.05, 0.1) is 10.7 Å². The van der Waals surface area contributed by atoms with Gasteiger partial charge >= 0.3 is 0 Å². The largest absolute Gasteiger partial charge is 0.325 e. The molecule has 0 heterocycles. The van der Waals surface area contributed by atoms with Crippen LogP contribution in [-0.2, 0) is 11.3 Å². The molecule has 0 saturated carbocycles. The summed E-state index contributed by atoms with van der Waals surface area (Å²) in [5.41, 5.74) is 1.63. The molecule has 0 atom stereocenters. The zero-order valence-corrected chi connectivity index (χ0v) is 13.1. The lowest BCUT2D eigenvalue weighted by atomic mass is 10.2. The van der Waals surface area contributed by atoms with Crippen molar-refractivity contribution in [2.24, 2.45) is 0 Å². The lowest BCUT2D eigenvalue weighted by Crippen LogP contribution is -2.24. The second-order valence-electron chi connectivity index (χ2n) is 5.14. The standard InChI is InChI=1S/C17H18ClFN2O/c1-21(12-13-6-8-14(19)9-7-13)11-10-17(22)20-16-5-3-2-4-15(16)18/h2-9H,10-12H2,1H3,(H,20,22). The minimum atomic E-state index is -0.245. The molecule has 116 valence electrons. The van der Waals surface area contributed by atoms with E-state index in [0.29, 0.717) is 30.2 Å². The summed E-state index contributed by atoms with van der Waals surface area (Å²) in [5.74, 6) is -0.329. The number of carbonyl (C=O) groups excluding carboxylic acids is 1. The van der Waals surface area contributed by atoms with Crippen molar-refractivity contribution in [3.05, 3.63) is 64.9 Å². The van der Waals surface area contributed by atoms with Crippen molar-refractivity contribution in [3.8, 4) is 0 Å². The Balaban J connectivity index is 1.78. The smallest absolute Gasteiger partial charge is 0.225 e. The molecule has 1 N–H and O–H groups in total. The Morgan fingerprint density at radius 3 is 2.55 bits per heavy atom. The lowest BCUT2D eigenvalue weighted by Gasteiger charge is -2.16. The Kier molecular flexibility index (Phi) is 5.92. The predicted molar refractivity (Wildman–Crippen MR) is 87.4 cm³/mol. The van der Waals surface area contributed by atoms with Crippen LogP contribution in [0.25, 0.3) is 0 Å². The average Bonchev–Trinajstić information content (AvgIpc) is 2.50. The Hall–Kier alpha value is -1.91. The maximum absolute atomic E-state index is 12.8. The molecule has 3 nitrogen and oxygen atoms in total. The van der Waals surface area contributed by atoms with Crippen molar-refractivity contribution in [1.29, 1.82) is 0 Å². The van der Waals surface area contributed by atoms with E-state index in [1.807, 2.05) is 24.1 Å². The summed E-state index contributed by atoms with van der Waals surface area (Å²) in [6.45, 7) is 1.27. The van der Waals surface area contributed by atoms with Gasteiger partial charge in [-0.25, -0.2) is 4.39 Å². The number of anilines is 1. The van der Waals surface area contributed by atoms with E-state index in [1.54, 1.807) is 24.3 Å². The predicted octanol–water partition coefficient (Wildman–Crippen LogP) is 3.94. The van der Waals surface area contributed by atoms with Gasteiger partial charge in [-0.3, -0.25) is 4.79 Å². The van der Waals surface area contributed by atoms with E-state index in [1.165, 1.54) is 12.1 Å². The highest BCUT2D eigenvalue weighted by Crippen LogP contribution is 2.20. The van der Waals surface area contributed by atoms with Crippen LogP contribution in [0.5, 0.6) is 0 Å². The van der Waals surface area contributed by atoms with Crippen LogP contribution in [0.4, 0.5) is 10.1 Å². The third-order valence-corrected chi connectivity index (χ3v) is 3.56. The molecule has 2 aromatic carbocycles. The van der Waals surface area contributed by atoms with Gasteiger partial charge in [0.2, 0.25) is 5.91 Å². The van der Waals surface area contributed by atoms with Crippen LogP contribution in [0.1, 0.15) is 12.0 Å². The normalized spacial score (nSPS) is 10.7. The van der Waals surface area contributed by atoms with E-state index in [-0.39, 0.29) is 11.7 Å². The summed E-state index contributed by atoms with van der Waals surface area (Å²) >= 11 is 6.00. The van der Waals surface area contributed by atoms with Gasteiger partial charge in [-0.15, -0.1) is 0 Å². The zero-order valence-electron chi connectivity index (χ0n) is 12.4. The third kappa shape index (κ3) is 5.13. The van der Waals surface area contributed by atoms with Crippen LogP contribution < -0.4 is 5.32 Å². The average molecular weight is 321 g/mol. The molecule has 1 amide bonds. The fourth-order valence-corrected chi connectivity index (χ4v) is 2.23. The summed E-state index contributed by atoms with van der Waals surface area (Å²) in [5, 5.41) is 3.31. The van der Waals surface area contributed by atoms with Gasteiger partial charge < -0.3 is 10.2 Å². The fraction of sp³-hybridized carbons (Fsp3) is 0.235. The highest BCUT2D eigenvalue weighted by molar-refractivity contribution is 6.33. The summed E-state index contributed by atoms with van der Waals surface area (Å²) in [6, 6.07) is 13.5. The van der Waals surface area contributed by atoms with Crippen LogP contribution in [0.2, 0.25) is 5.02 Å². The molecule has 0 aliphatic heterocycles. The Labute approximate surface area is 134 Å². The molecule has 2 aromatic rings. The van der Waals surface area contributed by atoms with Crippen LogP contribution in [0, 0.1) is 5.82 Å². The number of hydrogen-bond donors (Lipinski definition) is 1. The number of hydrogen-bond acceptors (Lipinski definition) is 2. The number of benzene rings is 2. The highest BCUT2D eigenvalue weighted by atomic mass is 35.5. The van der Waals surface area contributed by atoms with Crippen LogP contribution in [0.15, 0.2) is 48.5 Å². The molecule has 0 fully saturated rings. The van der Waals surface area contributed by atoms with Crippen molar-refractivity contribution in [3.63, 3.8) is 0 Å². The van der Waals surface area contributed by atoms with E-state index in [4.69, 9.17) is 11.6 Å². The molecule has 22 heavy (non-hydrogen) atoms. The first kappa shape index (κ1) is 16.5. The SMILES string of the molecule is CN(CCC(=O)Nc1ccccc1Cl)Cc1ccc(F)cc1. The molecule has 0 aliphatic carbocycles. The zero-order chi connectivity index (χ0) is 15.9. The van der Waals surface area contributed by atoms with Crippen molar-refractivity contribution >= 4 is 23.2 Å². The summed E-state index contributed by atoms with van der Waals surface area (Å²) in [6.07, 6.45) is 0.364.